The number of hydrogen-bond donors (Lipinski definition) is 0. The van der Waals surface area contributed by atoms with Crippen molar-refractivity contribution in [2.75, 3.05) is 31.1 Å². The standard InChI is InChI=1S/C51H65F3N6O3Si/c1-28(2)64(29(3)4,30(5)6)23-20-36-38(53)18-16-33-14-12-15-37(40(33)36)44-42(54)45-41-43(55-44)31(7)32(8)46-39-19-17-35(60(39)49(61)63-50(9,10)11)26-59(46)47(41)57-48(56-45)62-27-51-21-13-22-58(51)25-34(52)24-51/h12,14-16,18,28-32,34-35,39,46H,13,17,19,21-22,24-27H2,1-11H3/t31-,32+,34-,35-,39+,46+,51+/m1/s1. The first-order valence-corrected chi connectivity index (χ1v) is 25.9. The number of alkyl halides is 1. The van der Waals surface area contributed by atoms with Crippen LogP contribution >= 0.6 is 0 Å². The van der Waals surface area contributed by atoms with Gasteiger partial charge in [0, 0.05) is 36.4 Å². The first kappa shape index (κ1) is 44.8. The van der Waals surface area contributed by atoms with Crippen LogP contribution in [0.15, 0.2) is 30.3 Å². The van der Waals surface area contributed by atoms with E-state index in [1.807, 2.05) is 43.9 Å². The predicted octanol–water partition coefficient (Wildman–Crippen LogP) is 11.4. The molecule has 5 aliphatic heterocycles. The van der Waals surface area contributed by atoms with E-state index in [9.17, 15) is 9.18 Å². The summed E-state index contributed by atoms with van der Waals surface area (Å²) in [6.07, 6.45) is 2.42. The Kier molecular flexibility index (Phi) is 11.3. The lowest BCUT2D eigenvalue weighted by Crippen LogP contribution is -2.64. The molecular weight excluding hydrogens is 830 g/mol. The molecule has 0 N–H and O–H groups in total. The molecule has 7 heterocycles. The number of carbonyl (C=O) groups is 1. The van der Waals surface area contributed by atoms with Gasteiger partial charge in [-0.25, -0.2) is 22.9 Å². The molecule has 9 nitrogen and oxygen atoms in total. The molecule has 5 aliphatic rings. The van der Waals surface area contributed by atoms with Crippen molar-refractivity contribution in [1.29, 1.82) is 0 Å². The number of fused-ring (bicyclic) bond motifs is 7. The van der Waals surface area contributed by atoms with Crippen LogP contribution in [0.2, 0.25) is 16.6 Å². The number of piperazine rings is 1. The van der Waals surface area contributed by atoms with Crippen LogP contribution in [0.25, 0.3) is 32.9 Å². The summed E-state index contributed by atoms with van der Waals surface area (Å²) in [5.41, 5.74) is 5.02. The van der Waals surface area contributed by atoms with E-state index < -0.39 is 37.0 Å². The van der Waals surface area contributed by atoms with Crippen LogP contribution in [-0.4, -0.2) is 101 Å². The summed E-state index contributed by atoms with van der Waals surface area (Å²) in [5.74, 6) is 2.48. The zero-order chi connectivity index (χ0) is 45.8. The fourth-order valence-corrected chi connectivity index (χ4v) is 18.1. The first-order valence-electron chi connectivity index (χ1n) is 23.7. The van der Waals surface area contributed by atoms with Gasteiger partial charge in [-0.15, -0.1) is 5.54 Å². The van der Waals surface area contributed by atoms with Crippen molar-refractivity contribution in [1.82, 2.24) is 24.8 Å². The van der Waals surface area contributed by atoms with E-state index in [2.05, 4.69) is 76.7 Å². The third kappa shape index (κ3) is 7.15. The molecule has 0 saturated carbocycles. The van der Waals surface area contributed by atoms with Crippen molar-refractivity contribution in [2.45, 2.75) is 166 Å². The number of pyridine rings is 1. The summed E-state index contributed by atoms with van der Waals surface area (Å²) < 4.78 is 62.0. The van der Waals surface area contributed by atoms with E-state index in [1.165, 1.54) is 6.07 Å². The molecule has 4 fully saturated rings. The molecule has 13 heteroatoms. The summed E-state index contributed by atoms with van der Waals surface area (Å²) in [4.78, 5) is 35.6. The van der Waals surface area contributed by atoms with Gasteiger partial charge in [0.05, 0.1) is 40.3 Å². The highest BCUT2D eigenvalue weighted by Gasteiger charge is 2.55. The molecule has 0 spiro atoms. The minimum atomic E-state index is -2.29. The summed E-state index contributed by atoms with van der Waals surface area (Å²) in [5, 5.41) is 1.75. The minimum Gasteiger partial charge on any atom is -0.461 e. The SMILES string of the molecule is CC(C)[Si](C#Cc1c(F)ccc2cccc(-c3nc4c5c(nc(OC[C@@]67CCCN6C[C@H](F)C7)nc5c3F)N3C[C@H]5CC[C@@H]([C@@H]3[C@@H](C)[C@H]4C)N5C(=O)OC(C)(C)C)c12)(C(C)C)C(C)C. The van der Waals surface area contributed by atoms with Crippen LogP contribution in [-0.2, 0) is 4.74 Å². The number of amides is 1. The second-order valence-electron chi connectivity index (χ2n) is 21.5. The summed E-state index contributed by atoms with van der Waals surface area (Å²) in [6, 6.07) is 8.22. The minimum absolute atomic E-state index is 0.0174. The van der Waals surface area contributed by atoms with Crippen molar-refractivity contribution >= 4 is 41.7 Å². The highest BCUT2D eigenvalue weighted by atomic mass is 28.3. The average molecular weight is 895 g/mol. The van der Waals surface area contributed by atoms with Gasteiger partial charge in [0.15, 0.2) is 5.82 Å². The van der Waals surface area contributed by atoms with Crippen LogP contribution < -0.4 is 9.64 Å². The zero-order valence-electron chi connectivity index (χ0n) is 39.5. The van der Waals surface area contributed by atoms with Gasteiger partial charge in [0.2, 0.25) is 0 Å². The lowest BCUT2D eigenvalue weighted by atomic mass is 9.81. The topological polar surface area (TPSA) is 83.9 Å². The van der Waals surface area contributed by atoms with E-state index in [0.717, 1.165) is 37.6 Å². The molecule has 9 rings (SSSR count). The van der Waals surface area contributed by atoms with Gasteiger partial charge in [0.1, 0.15) is 49.3 Å². The molecule has 7 atom stereocenters. The summed E-state index contributed by atoms with van der Waals surface area (Å²) in [6.45, 7) is 25.1. The lowest BCUT2D eigenvalue weighted by Gasteiger charge is -2.49. The third-order valence-electron chi connectivity index (χ3n) is 15.9. The zero-order valence-corrected chi connectivity index (χ0v) is 40.5. The summed E-state index contributed by atoms with van der Waals surface area (Å²) >= 11 is 0. The number of ether oxygens (including phenoxy) is 2. The van der Waals surface area contributed by atoms with Gasteiger partial charge in [-0.05, 0) is 87.0 Å². The first-order chi connectivity index (χ1) is 30.3. The fraction of sp³-hybridized carbons (Fsp3) is 0.608. The number of halogens is 3. The van der Waals surface area contributed by atoms with E-state index in [0.29, 0.717) is 64.0 Å². The second kappa shape index (κ2) is 16.2. The monoisotopic (exact) mass is 894 g/mol. The number of hydrogen-bond acceptors (Lipinski definition) is 8. The highest BCUT2D eigenvalue weighted by Crippen LogP contribution is 2.51. The molecular formula is C51H65F3N6O3Si. The fourth-order valence-electron chi connectivity index (χ4n) is 12.9. The van der Waals surface area contributed by atoms with Gasteiger partial charge >= 0.3 is 12.1 Å². The van der Waals surface area contributed by atoms with Gasteiger partial charge in [-0.1, -0.05) is 85.6 Å². The van der Waals surface area contributed by atoms with Crippen molar-refractivity contribution in [3.05, 3.63) is 53.2 Å². The van der Waals surface area contributed by atoms with Crippen molar-refractivity contribution < 1.29 is 27.4 Å². The Morgan fingerprint density at radius 1 is 0.969 bits per heavy atom. The molecule has 2 aromatic heterocycles. The molecule has 1 amide bonds. The van der Waals surface area contributed by atoms with Crippen LogP contribution in [0, 0.1) is 29.0 Å². The largest absolute Gasteiger partial charge is 0.461 e. The molecule has 4 aromatic rings. The van der Waals surface area contributed by atoms with Crippen molar-refractivity contribution in [3.8, 4) is 28.7 Å². The lowest BCUT2D eigenvalue weighted by molar-refractivity contribution is 0.00427. The maximum atomic E-state index is 18.1. The quantitative estimate of drug-likeness (QED) is 0.134. The van der Waals surface area contributed by atoms with Crippen LogP contribution in [0.3, 0.4) is 0 Å². The molecule has 0 aliphatic carbocycles. The Bertz CT molecular complexity index is 2550. The average Bonchev–Trinajstić information content (AvgIpc) is 3.85. The molecule has 64 heavy (non-hydrogen) atoms. The molecule has 0 unspecified atom stereocenters. The number of rotatable bonds is 7. The third-order valence-corrected chi connectivity index (χ3v) is 22.2. The van der Waals surface area contributed by atoms with E-state index in [-0.39, 0.29) is 65.4 Å². The van der Waals surface area contributed by atoms with E-state index in [4.69, 9.17) is 24.4 Å². The van der Waals surface area contributed by atoms with Gasteiger partial charge in [0.25, 0.3) is 0 Å². The van der Waals surface area contributed by atoms with Crippen molar-refractivity contribution in [2.24, 2.45) is 5.92 Å². The summed E-state index contributed by atoms with van der Waals surface area (Å²) in [7, 11) is -2.29. The highest BCUT2D eigenvalue weighted by molar-refractivity contribution is 6.90. The Labute approximate surface area is 377 Å². The second-order valence-corrected chi connectivity index (χ2v) is 27.1. The Morgan fingerprint density at radius 3 is 2.41 bits per heavy atom. The number of carbonyl (C=O) groups excluding carboxylic acids is 1. The Balaban J connectivity index is 1.25. The number of aromatic nitrogens is 3. The van der Waals surface area contributed by atoms with Crippen LogP contribution in [0.1, 0.15) is 125 Å². The van der Waals surface area contributed by atoms with E-state index >= 15 is 8.78 Å². The van der Waals surface area contributed by atoms with Crippen LogP contribution in [0.4, 0.5) is 23.8 Å². The smallest absolute Gasteiger partial charge is 0.410 e. The molecule has 2 bridgehead atoms. The van der Waals surface area contributed by atoms with Crippen LogP contribution in [0.5, 0.6) is 6.01 Å². The Morgan fingerprint density at radius 2 is 1.70 bits per heavy atom. The molecule has 0 radical (unpaired) electrons. The van der Waals surface area contributed by atoms with E-state index in [1.54, 1.807) is 6.07 Å². The molecule has 2 aromatic carbocycles. The number of anilines is 1. The van der Waals surface area contributed by atoms with Gasteiger partial charge in [-0.2, -0.15) is 9.97 Å². The maximum Gasteiger partial charge on any atom is 0.410 e. The Hall–Kier alpha value is -4.41. The number of nitrogens with zero attached hydrogens (tertiary/aromatic N) is 6. The van der Waals surface area contributed by atoms with Gasteiger partial charge < -0.3 is 14.4 Å². The molecule has 342 valence electrons. The number of benzene rings is 2. The molecule has 4 saturated heterocycles. The maximum absolute atomic E-state index is 18.1. The predicted molar refractivity (Wildman–Crippen MR) is 250 cm³/mol. The normalized spacial score (nSPS) is 26.8. The van der Waals surface area contributed by atoms with Gasteiger partial charge in [-0.3, -0.25) is 9.80 Å². The van der Waals surface area contributed by atoms with Crippen molar-refractivity contribution in [3.63, 3.8) is 0 Å².